The van der Waals surface area contributed by atoms with Gasteiger partial charge in [-0.25, -0.2) is 0 Å². The van der Waals surface area contributed by atoms with Crippen molar-refractivity contribution < 1.29 is 9.84 Å². The summed E-state index contributed by atoms with van der Waals surface area (Å²) in [7, 11) is 0. The summed E-state index contributed by atoms with van der Waals surface area (Å²) in [5.41, 5.74) is 0. The van der Waals surface area contributed by atoms with Crippen molar-refractivity contribution in [2.24, 2.45) is 5.92 Å². The van der Waals surface area contributed by atoms with Crippen molar-refractivity contribution in [3.05, 3.63) is 0 Å². The van der Waals surface area contributed by atoms with E-state index >= 15 is 0 Å². The van der Waals surface area contributed by atoms with Gasteiger partial charge in [-0.15, -0.1) is 12.3 Å². The van der Waals surface area contributed by atoms with Crippen LogP contribution in [0.3, 0.4) is 0 Å². The highest BCUT2D eigenvalue weighted by Crippen LogP contribution is 2.03. The lowest BCUT2D eigenvalue weighted by Crippen LogP contribution is -2.31. The Morgan fingerprint density at radius 2 is 2.19 bits per heavy atom. The van der Waals surface area contributed by atoms with Crippen LogP contribution in [0.5, 0.6) is 0 Å². The monoisotopic (exact) mass is 227 g/mol. The van der Waals surface area contributed by atoms with Gasteiger partial charge in [-0.05, 0) is 18.8 Å². The number of rotatable bonds is 10. The molecule has 0 aromatic carbocycles. The van der Waals surface area contributed by atoms with Gasteiger partial charge in [0, 0.05) is 26.1 Å². The molecular weight excluding hydrogens is 202 g/mol. The number of terminal acetylenes is 1. The first-order valence-electron chi connectivity index (χ1n) is 6.06. The van der Waals surface area contributed by atoms with Gasteiger partial charge < -0.3 is 15.2 Å². The molecule has 0 aliphatic carbocycles. The summed E-state index contributed by atoms with van der Waals surface area (Å²) in [5, 5.41) is 12.6. The van der Waals surface area contributed by atoms with Crippen LogP contribution in [-0.4, -0.2) is 37.5 Å². The second kappa shape index (κ2) is 10.9. The fraction of sp³-hybridized carbons (Fsp3) is 0.846. The number of hydrogen-bond acceptors (Lipinski definition) is 3. The molecule has 1 atom stereocenters. The minimum Gasteiger partial charge on any atom is -0.389 e. The average Bonchev–Trinajstić information content (AvgIpc) is 2.23. The minimum absolute atomic E-state index is 0.404. The zero-order valence-electron chi connectivity index (χ0n) is 10.5. The molecule has 3 heteroatoms. The van der Waals surface area contributed by atoms with Gasteiger partial charge >= 0.3 is 0 Å². The average molecular weight is 227 g/mol. The molecular formula is C13H25NO2. The molecule has 0 heterocycles. The van der Waals surface area contributed by atoms with E-state index in [1.54, 1.807) is 0 Å². The Labute approximate surface area is 99.6 Å². The van der Waals surface area contributed by atoms with E-state index in [4.69, 9.17) is 11.2 Å². The first-order valence-corrected chi connectivity index (χ1v) is 6.06. The molecule has 1 unspecified atom stereocenters. The Balaban J connectivity index is 3.18. The van der Waals surface area contributed by atoms with Crippen LogP contribution in [0, 0.1) is 18.3 Å². The second-order valence-corrected chi connectivity index (χ2v) is 4.42. The van der Waals surface area contributed by atoms with Crippen molar-refractivity contribution in [1.82, 2.24) is 5.32 Å². The van der Waals surface area contributed by atoms with Crippen LogP contribution >= 0.6 is 0 Å². The van der Waals surface area contributed by atoms with E-state index in [0.29, 0.717) is 19.6 Å². The van der Waals surface area contributed by atoms with Gasteiger partial charge in [-0.1, -0.05) is 13.8 Å². The molecule has 0 saturated heterocycles. The third kappa shape index (κ3) is 11.5. The predicted molar refractivity (Wildman–Crippen MR) is 67.2 cm³/mol. The number of nitrogens with one attached hydrogen (secondary N) is 1. The summed E-state index contributed by atoms with van der Waals surface area (Å²) in [4.78, 5) is 0. The van der Waals surface area contributed by atoms with Crippen LogP contribution in [0.25, 0.3) is 0 Å². The van der Waals surface area contributed by atoms with Crippen molar-refractivity contribution in [3.8, 4) is 12.3 Å². The number of ether oxygens (including phenoxy) is 1. The molecule has 0 aromatic rings. The molecule has 0 amide bonds. The predicted octanol–water partition coefficient (Wildman–Crippen LogP) is 1.41. The van der Waals surface area contributed by atoms with Crippen LogP contribution in [0.2, 0.25) is 0 Å². The topological polar surface area (TPSA) is 41.5 Å². The Morgan fingerprint density at radius 1 is 1.44 bits per heavy atom. The summed E-state index contributed by atoms with van der Waals surface area (Å²) in [6.07, 6.45) is 7.61. The zero-order chi connectivity index (χ0) is 12.2. The number of hydrogen-bond donors (Lipinski definition) is 2. The molecule has 16 heavy (non-hydrogen) atoms. The Morgan fingerprint density at radius 3 is 2.81 bits per heavy atom. The van der Waals surface area contributed by atoms with Gasteiger partial charge in [0.05, 0.1) is 12.7 Å². The second-order valence-electron chi connectivity index (χ2n) is 4.42. The van der Waals surface area contributed by atoms with Crippen molar-refractivity contribution in [2.75, 3.05) is 26.3 Å². The lowest BCUT2D eigenvalue weighted by atomic mass is 10.1. The largest absolute Gasteiger partial charge is 0.389 e. The molecule has 0 spiro atoms. The standard InChI is InChI=1S/C13H25NO2/c1-4-5-8-14-10-13(15)11-16-9-6-7-12(2)3/h1,12-15H,5-11H2,2-3H3. The zero-order valence-corrected chi connectivity index (χ0v) is 10.5. The van der Waals surface area contributed by atoms with Crippen molar-refractivity contribution in [3.63, 3.8) is 0 Å². The van der Waals surface area contributed by atoms with Crippen LogP contribution < -0.4 is 5.32 Å². The summed E-state index contributed by atoms with van der Waals surface area (Å²) < 4.78 is 5.37. The maximum Gasteiger partial charge on any atom is 0.0897 e. The van der Waals surface area contributed by atoms with Crippen molar-refractivity contribution >= 4 is 0 Å². The normalized spacial score (nSPS) is 12.7. The van der Waals surface area contributed by atoms with Gasteiger partial charge in [0.2, 0.25) is 0 Å². The first kappa shape index (κ1) is 15.4. The quantitative estimate of drug-likeness (QED) is 0.438. The summed E-state index contributed by atoms with van der Waals surface area (Å²) in [5.74, 6) is 3.26. The van der Waals surface area contributed by atoms with E-state index in [-0.39, 0.29) is 0 Å². The minimum atomic E-state index is -0.433. The molecule has 0 rings (SSSR count). The lowest BCUT2D eigenvalue weighted by Gasteiger charge is -2.12. The highest BCUT2D eigenvalue weighted by Gasteiger charge is 2.03. The van der Waals surface area contributed by atoms with E-state index in [1.807, 2.05) is 0 Å². The fourth-order valence-electron chi connectivity index (χ4n) is 1.30. The van der Waals surface area contributed by atoms with E-state index in [2.05, 4.69) is 25.1 Å². The van der Waals surface area contributed by atoms with E-state index < -0.39 is 6.10 Å². The van der Waals surface area contributed by atoms with E-state index in [1.165, 1.54) is 6.42 Å². The van der Waals surface area contributed by atoms with Gasteiger partial charge in [-0.3, -0.25) is 0 Å². The van der Waals surface area contributed by atoms with E-state index in [9.17, 15) is 5.11 Å². The highest BCUT2D eigenvalue weighted by molar-refractivity contribution is 4.84. The number of aliphatic hydroxyl groups is 1. The van der Waals surface area contributed by atoms with Gasteiger partial charge in [-0.2, -0.15) is 0 Å². The first-order chi connectivity index (χ1) is 7.66. The van der Waals surface area contributed by atoms with Crippen molar-refractivity contribution in [2.45, 2.75) is 39.2 Å². The molecule has 0 bridgehead atoms. The highest BCUT2D eigenvalue weighted by atomic mass is 16.5. The molecule has 3 nitrogen and oxygen atoms in total. The fourth-order valence-corrected chi connectivity index (χ4v) is 1.30. The maximum absolute atomic E-state index is 9.52. The summed E-state index contributed by atoms with van der Waals surface area (Å²) in [6.45, 7) is 6.84. The molecule has 94 valence electrons. The molecule has 0 aromatic heterocycles. The Kier molecular flexibility index (Phi) is 10.6. The molecule has 2 N–H and O–H groups in total. The smallest absolute Gasteiger partial charge is 0.0897 e. The maximum atomic E-state index is 9.52. The van der Waals surface area contributed by atoms with Gasteiger partial charge in [0.15, 0.2) is 0 Å². The SMILES string of the molecule is C#CCCNCC(O)COCCCC(C)C. The van der Waals surface area contributed by atoms with Crippen LogP contribution in [0.1, 0.15) is 33.1 Å². The van der Waals surface area contributed by atoms with Gasteiger partial charge in [0.1, 0.15) is 0 Å². The van der Waals surface area contributed by atoms with Gasteiger partial charge in [0.25, 0.3) is 0 Å². The summed E-state index contributed by atoms with van der Waals surface area (Å²) in [6, 6.07) is 0. The third-order valence-electron chi connectivity index (χ3n) is 2.21. The third-order valence-corrected chi connectivity index (χ3v) is 2.21. The van der Waals surface area contributed by atoms with Crippen LogP contribution in [0.4, 0.5) is 0 Å². The molecule has 0 aliphatic rings. The molecule has 0 aliphatic heterocycles. The van der Waals surface area contributed by atoms with E-state index in [0.717, 1.165) is 25.5 Å². The Bertz CT molecular complexity index is 187. The van der Waals surface area contributed by atoms with Crippen LogP contribution in [0.15, 0.2) is 0 Å². The molecule has 0 radical (unpaired) electrons. The Hall–Kier alpha value is -0.560. The number of aliphatic hydroxyl groups excluding tert-OH is 1. The summed E-state index contributed by atoms with van der Waals surface area (Å²) >= 11 is 0. The van der Waals surface area contributed by atoms with Crippen LogP contribution in [-0.2, 0) is 4.74 Å². The molecule has 0 saturated carbocycles. The van der Waals surface area contributed by atoms with Crippen molar-refractivity contribution in [1.29, 1.82) is 0 Å². The molecule has 0 fully saturated rings. The lowest BCUT2D eigenvalue weighted by molar-refractivity contribution is 0.0350.